The van der Waals surface area contributed by atoms with Crippen LogP contribution >= 0.6 is 15.9 Å². The van der Waals surface area contributed by atoms with Crippen LogP contribution < -0.4 is 11.1 Å². The van der Waals surface area contributed by atoms with E-state index in [1.54, 1.807) is 24.3 Å². The van der Waals surface area contributed by atoms with Gasteiger partial charge < -0.3 is 16.2 Å². The van der Waals surface area contributed by atoms with E-state index in [4.69, 9.17) is 5.73 Å². The molecular formula is C12H10BrN3O2. The van der Waals surface area contributed by atoms with E-state index in [-0.39, 0.29) is 11.6 Å². The van der Waals surface area contributed by atoms with Gasteiger partial charge in [-0.3, -0.25) is 4.79 Å². The lowest BCUT2D eigenvalue weighted by Crippen LogP contribution is -2.15. The van der Waals surface area contributed by atoms with Crippen molar-refractivity contribution in [2.75, 3.05) is 11.1 Å². The maximum Gasteiger partial charge on any atom is 0.259 e. The standard InChI is InChI=1S/C12H10BrN3O2/c13-7-3-4-9(14)8(6-7)12(18)16-11-10(17)2-1-5-15-11/h1-6,17H,14H2,(H,15,16,18). The van der Waals surface area contributed by atoms with Crippen LogP contribution in [0.3, 0.4) is 0 Å². The van der Waals surface area contributed by atoms with E-state index in [9.17, 15) is 9.90 Å². The second-order valence-corrected chi connectivity index (χ2v) is 4.47. The topological polar surface area (TPSA) is 88.2 Å². The zero-order valence-electron chi connectivity index (χ0n) is 9.22. The number of benzene rings is 1. The Kier molecular flexibility index (Phi) is 3.47. The van der Waals surface area contributed by atoms with Gasteiger partial charge in [0.1, 0.15) is 0 Å². The molecule has 1 aromatic carbocycles. The molecule has 2 rings (SSSR count). The first kappa shape index (κ1) is 12.4. The molecule has 0 unspecified atom stereocenters. The summed E-state index contributed by atoms with van der Waals surface area (Å²) >= 11 is 3.26. The Balaban J connectivity index is 2.28. The number of nitrogen functional groups attached to an aromatic ring is 1. The first-order chi connectivity index (χ1) is 8.58. The van der Waals surface area contributed by atoms with Crippen molar-refractivity contribution in [2.45, 2.75) is 0 Å². The van der Waals surface area contributed by atoms with E-state index in [0.29, 0.717) is 11.3 Å². The molecule has 4 N–H and O–H groups in total. The summed E-state index contributed by atoms with van der Waals surface area (Å²) in [5, 5.41) is 12.0. The molecule has 0 fully saturated rings. The Morgan fingerprint density at radius 1 is 1.39 bits per heavy atom. The number of aromatic nitrogens is 1. The van der Waals surface area contributed by atoms with Gasteiger partial charge in [0, 0.05) is 16.4 Å². The van der Waals surface area contributed by atoms with E-state index in [0.717, 1.165) is 4.47 Å². The highest BCUT2D eigenvalue weighted by Gasteiger charge is 2.12. The monoisotopic (exact) mass is 307 g/mol. The van der Waals surface area contributed by atoms with Crippen molar-refractivity contribution in [2.24, 2.45) is 0 Å². The Labute approximate surface area is 112 Å². The first-order valence-electron chi connectivity index (χ1n) is 5.08. The van der Waals surface area contributed by atoms with Crippen molar-refractivity contribution in [3.05, 3.63) is 46.6 Å². The first-order valence-corrected chi connectivity index (χ1v) is 5.87. The number of anilines is 2. The minimum absolute atomic E-state index is 0.0978. The fourth-order valence-corrected chi connectivity index (χ4v) is 1.75. The molecule has 0 aliphatic carbocycles. The smallest absolute Gasteiger partial charge is 0.259 e. The van der Waals surface area contributed by atoms with Crippen molar-refractivity contribution < 1.29 is 9.90 Å². The zero-order valence-corrected chi connectivity index (χ0v) is 10.8. The molecule has 0 spiro atoms. The molecule has 0 aliphatic rings. The molecule has 5 nitrogen and oxygen atoms in total. The Bertz CT molecular complexity index is 602. The van der Waals surface area contributed by atoms with Gasteiger partial charge in [0.25, 0.3) is 5.91 Å². The van der Waals surface area contributed by atoms with Crippen LogP contribution in [0.2, 0.25) is 0 Å². The Morgan fingerprint density at radius 2 is 2.17 bits per heavy atom. The normalized spacial score (nSPS) is 10.1. The summed E-state index contributed by atoms with van der Waals surface area (Å²) in [6.45, 7) is 0. The summed E-state index contributed by atoms with van der Waals surface area (Å²) in [7, 11) is 0. The third-order valence-electron chi connectivity index (χ3n) is 2.28. The van der Waals surface area contributed by atoms with E-state index < -0.39 is 5.91 Å². The number of pyridine rings is 1. The Morgan fingerprint density at radius 3 is 2.89 bits per heavy atom. The number of amides is 1. The van der Waals surface area contributed by atoms with Gasteiger partial charge in [0.2, 0.25) is 0 Å². The van der Waals surface area contributed by atoms with Crippen LogP contribution in [0.15, 0.2) is 41.0 Å². The number of carbonyl (C=O) groups is 1. The van der Waals surface area contributed by atoms with Crippen LogP contribution in [0.5, 0.6) is 5.75 Å². The largest absolute Gasteiger partial charge is 0.504 e. The van der Waals surface area contributed by atoms with Crippen molar-refractivity contribution in [3.63, 3.8) is 0 Å². The molecule has 92 valence electrons. The third kappa shape index (κ3) is 2.60. The van der Waals surface area contributed by atoms with Crippen LogP contribution in [0.1, 0.15) is 10.4 Å². The fraction of sp³-hybridized carbons (Fsp3) is 0. The summed E-state index contributed by atoms with van der Waals surface area (Å²) in [6.07, 6.45) is 1.47. The van der Waals surface area contributed by atoms with E-state index in [1.165, 1.54) is 12.3 Å². The van der Waals surface area contributed by atoms with Crippen LogP contribution in [0.4, 0.5) is 11.5 Å². The lowest BCUT2D eigenvalue weighted by atomic mass is 10.1. The number of aromatic hydroxyl groups is 1. The van der Waals surface area contributed by atoms with Gasteiger partial charge in [-0.2, -0.15) is 0 Å². The minimum atomic E-state index is -0.428. The van der Waals surface area contributed by atoms with Crippen LogP contribution in [0.25, 0.3) is 0 Å². The summed E-state index contributed by atoms with van der Waals surface area (Å²) < 4.78 is 0.743. The molecule has 1 aromatic heterocycles. The van der Waals surface area contributed by atoms with E-state index in [2.05, 4.69) is 26.2 Å². The van der Waals surface area contributed by atoms with Gasteiger partial charge in [-0.25, -0.2) is 4.98 Å². The predicted molar refractivity (Wildman–Crippen MR) is 72.4 cm³/mol. The number of halogens is 1. The third-order valence-corrected chi connectivity index (χ3v) is 2.77. The molecule has 1 amide bonds. The average Bonchev–Trinajstić information content (AvgIpc) is 2.35. The van der Waals surface area contributed by atoms with Crippen molar-refractivity contribution in [3.8, 4) is 5.75 Å². The molecule has 0 bridgehead atoms. The minimum Gasteiger partial charge on any atom is -0.504 e. The highest BCUT2D eigenvalue weighted by molar-refractivity contribution is 9.10. The average molecular weight is 308 g/mol. The van der Waals surface area contributed by atoms with E-state index in [1.807, 2.05) is 0 Å². The van der Waals surface area contributed by atoms with Gasteiger partial charge in [-0.05, 0) is 30.3 Å². The fourth-order valence-electron chi connectivity index (χ4n) is 1.39. The molecule has 0 saturated heterocycles. The second kappa shape index (κ2) is 5.05. The number of nitrogens with zero attached hydrogens (tertiary/aromatic N) is 1. The van der Waals surface area contributed by atoms with Crippen LogP contribution in [-0.2, 0) is 0 Å². The van der Waals surface area contributed by atoms with Crippen molar-refractivity contribution in [1.29, 1.82) is 0 Å². The highest BCUT2D eigenvalue weighted by atomic mass is 79.9. The number of carbonyl (C=O) groups excluding carboxylic acids is 1. The van der Waals surface area contributed by atoms with Gasteiger partial charge in [-0.1, -0.05) is 15.9 Å². The molecule has 1 heterocycles. The zero-order chi connectivity index (χ0) is 13.1. The van der Waals surface area contributed by atoms with Crippen LogP contribution in [0, 0.1) is 0 Å². The van der Waals surface area contributed by atoms with Gasteiger partial charge in [0.15, 0.2) is 11.6 Å². The molecule has 0 atom stereocenters. The molecule has 0 saturated carbocycles. The van der Waals surface area contributed by atoms with Crippen LogP contribution in [-0.4, -0.2) is 16.0 Å². The summed E-state index contributed by atoms with van der Waals surface area (Å²) in [6, 6.07) is 7.97. The number of nitrogens with two attached hydrogens (primary N) is 1. The van der Waals surface area contributed by atoms with Crippen molar-refractivity contribution in [1.82, 2.24) is 4.98 Å². The maximum absolute atomic E-state index is 12.0. The van der Waals surface area contributed by atoms with E-state index >= 15 is 0 Å². The lowest BCUT2D eigenvalue weighted by Gasteiger charge is -2.08. The summed E-state index contributed by atoms with van der Waals surface area (Å²) in [4.78, 5) is 15.8. The number of hydrogen-bond acceptors (Lipinski definition) is 4. The van der Waals surface area contributed by atoms with Gasteiger partial charge in [0.05, 0.1) is 5.56 Å². The quantitative estimate of drug-likeness (QED) is 0.743. The molecule has 6 heteroatoms. The summed E-state index contributed by atoms with van der Waals surface area (Å²) in [5.74, 6) is -0.427. The van der Waals surface area contributed by atoms with Gasteiger partial charge >= 0.3 is 0 Å². The molecular weight excluding hydrogens is 298 g/mol. The molecule has 0 radical (unpaired) electrons. The second-order valence-electron chi connectivity index (χ2n) is 3.56. The Hall–Kier alpha value is -2.08. The number of hydrogen-bond donors (Lipinski definition) is 3. The number of nitrogens with one attached hydrogen (secondary N) is 1. The summed E-state index contributed by atoms with van der Waals surface area (Å²) in [5.41, 5.74) is 6.38. The molecule has 0 aliphatic heterocycles. The number of rotatable bonds is 2. The highest BCUT2D eigenvalue weighted by Crippen LogP contribution is 2.22. The van der Waals surface area contributed by atoms with Gasteiger partial charge in [-0.15, -0.1) is 0 Å². The van der Waals surface area contributed by atoms with Crippen molar-refractivity contribution >= 4 is 33.3 Å². The molecule has 2 aromatic rings. The molecule has 18 heavy (non-hydrogen) atoms. The lowest BCUT2D eigenvalue weighted by molar-refractivity contribution is 0.102. The maximum atomic E-state index is 12.0. The SMILES string of the molecule is Nc1ccc(Br)cc1C(=O)Nc1ncccc1O. The predicted octanol–water partition coefficient (Wildman–Crippen LogP) is 2.38.